The summed E-state index contributed by atoms with van der Waals surface area (Å²) < 4.78 is 5.46. The van der Waals surface area contributed by atoms with Crippen LogP contribution in [-0.4, -0.2) is 26.4 Å². The number of carboxylic acids is 1. The summed E-state index contributed by atoms with van der Waals surface area (Å²) in [6.45, 7) is 0. The van der Waals surface area contributed by atoms with E-state index in [1.54, 1.807) is 12.1 Å². The van der Waals surface area contributed by atoms with Crippen molar-refractivity contribution in [2.24, 2.45) is 0 Å². The van der Waals surface area contributed by atoms with Gasteiger partial charge in [0, 0.05) is 11.1 Å². The fourth-order valence-corrected chi connectivity index (χ4v) is 3.38. The van der Waals surface area contributed by atoms with Gasteiger partial charge in [0.25, 0.3) is 11.6 Å². The highest BCUT2D eigenvalue weighted by molar-refractivity contribution is 5.89. The number of aliphatic hydroxyl groups is 3. The number of hydrogen-bond donors (Lipinski definition) is 4. The lowest BCUT2D eigenvalue weighted by Crippen LogP contribution is -2.52. The molecule has 3 aromatic rings. The zero-order valence-electron chi connectivity index (χ0n) is 14.0. The van der Waals surface area contributed by atoms with Crippen LogP contribution in [0.5, 0.6) is 5.75 Å². The second kappa shape index (κ2) is 5.92. The maximum absolute atomic E-state index is 11.5. The highest BCUT2D eigenvalue weighted by Crippen LogP contribution is 2.49. The van der Waals surface area contributed by atoms with Crippen molar-refractivity contribution in [3.05, 3.63) is 89.5 Å². The summed E-state index contributed by atoms with van der Waals surface area (Å²) in [4.78, 5) is 11.5. The van der Waals surface area contributed by atoms with Crippen LogP contribution >= 0.6 is 0 Å². The molecule has 0 radical (unpaired) electrons. The molecule has 6 heteroatoms. The van der Waals surface area contributed by atoms with Gasteiger partial charge in [0.2, 0.25) is 0 Å². The molecule has 136 valence electrons. The summed E-state index contributed by atoms with van der Waals surface area (Å²) in [5.74, 6) is -6.70. The van der Waals surface area contributed by atoms with Gasteiger partial charge in [0.15, 0.2) is 0 Å². The van der Waals surface area contributed by atoms with Gasteiger partial charge in [-0.05, 0) is 29.3 Å². The fraction of sp³-hybridized carbons (Fsp3) is 0.0952. The van der Waals surface area contributed by atoms with Gasteiger partial charge < -0.3 is 25.2 Å². The van der Waals surface area contributed by atoms with Gasteiger partial charge in [-0.3, -0.25) is 0 Å². The molecular weight excluding hydrogens is 348 g/mol. The molecule has 0 spiro atoms. The van der Waals surface area contributed by atoms with E-state index in [4.69, 9.17) is 4.74 Å². The number of benzene rings is 3. The van der Waals surface area contributed by atoms with Crippen LogP contribution in [0.25, 0.3) is 11.1 Å². The third-order valence-corrected chi connectivity index (χ3v) is 4.71. The summed E-state index contributed by atoms with van der Waals surface area (Å²) in [5.41, 5.74) is 0.698. The van der Waals surface area contributed by atoms with Crippen LogP contribution in [0, 0.1) is 0 Å². The lowest BCUT2D eigenvalue weighted by atomic mass is 9.86. The van der Waals surface area contributed by atoms with Gasteiger partial charge in [0.1, 0.15) is 5.75 Å². The Morgan fingerprint density at radius 1 is 0.926 bits per heavy atom. The van der Waals surface area contributed by atoms with E-state index in [0.717, 1.165) is 5.56 Å². The molecule has 0 aliphatic carbocycles. The van der Waals surface area contributed by atoms with Crippen molar-refractivity contribution in [3.8, 4) is 16.9 Å². The average Bonchev–Trinajstić information content (AvgIpc) is 2.94. The number of hydrogen-bond acceptors (Lipinski definition) is 5. The summed E-state index contributed by atoms with van der Waals surface area (Å²) in [5, 5.41) is 42.4. The predicted molar refractivity (Wildman–Crippen MR) is 95.9 cm³/mol. The van der Waals surface area contributed by atoms with Crippen molar-refractivity contribution in [3.63, 3.8) is 0 Å². The van der Waals surface area contributed by atoms with Crippen molar-refractivity contribution in [1.82, 2.24) is 0 Å². The number of rotatable bonds is 4. The Kier molecular flexibility index (Phi) is 3.78. The molecule has 1 aliphatic heterocycles. The van der Waals surface area contributed by atoms with E-state index in [2.05, 4.69) is 0 Å². The molecule has 6 nitrogen and oxygen atoms in total. The molecular formula is C21H16O6. The van der Waals surface area contributed by atoms with Gasteiger partial charge in [-0.2, -0.15) is 0 Å². The summed E-state index contributed by atoms with van der Waals surface area (Å²) in [7, 11) is 0. The molecule has 2 bridgehead atoms. The van der Waals surface area contributed by atoms with E-state index in [1.807, 2.05) is 30.3 Å². The van der Waals surface area contributed by atoms with Crippen molar-refractivity contribution < 1.29 is 30.0 Å². The maximum atomic E-state index is 11.5. The van der Waals surface area contributed by atoms with Gasteiger partial charge >= 0.3 is 5.97 Å². The third kappa shape index (κ3) is 2.50. The summed E-state index contributed by atoms with van der Waals surface area (Å²) in [6.07, 6.45) is 0. The van der Waals surface area contributed by atoms with Crippen LogP contribution in [-0.2, 0) is 11.6 Å². The fourth-order valence-electron chi connectivity index (χ4n) is 3.38. The largest absolute Gasteiger partial charge is 0.478 e. The van der Waals surface area contributed by atoms with Gasteiger partial charge in [-0.1, -0.05) is 54.6 Å². The van der Waals surface area contributed by atoms with E-state index in [9.17, 15) is 25.2 Å². The monoisotopic (exact) mass is 364 g/mol. The number of aromatic carboxylic acids is 1. The number of fused-ring (bicyclic) bond motifs is 2. The zero-order valence-corrected chi connectivity index (χ0v) is 14.0. The van der Waals surface area contributed by atoms with Crippen molar-refractivity contribution in [2.45, 2.75) is 11.6 Å². The standard InChI is InChI=1S/C21H16O6/c22-19(23)16-8-4-5-9-17(16)20(24,25)21(26)18-12-14(27-21)10-11-15(18)13-6-2-1-3-7-13/h1-12,24-26H,(H,22,23). The SMILES string of the molecule is O=C(O)c1ccccc1C(O)(O)C1(O)Oc2ccc(-c3ccccc3)c1c2. The minimum Gasteiger partial charge on any atom is -0.478 e. The number of carboxylic acid groups (broad SMARTS) is 1. The lowest BCUT2D eigenvalue weighted by Gasteiger charge is -2.37. The van der Waals surface area contributed by atoms with Gasteiger partial charge in [-0.15, -0.1) is 0 Å². The molecule has 0 saturated heterocycles. The maximum Gasteiger partial charge on any atom is 0.336 e. The topological polar surface area (TPSA) is 107 Å². The normalized spacial score (nSPS) is 18.2. The molecule has 1 unspecified atom stereocenters. The summed E-state index contributed by atoms with van der Waals surface area (Å²) in [6, 6.07) is 19.3. The van der Waals surface area contributed by atoms with Crippen molar-refractivity contribution in [1.29, 1.82) is 0 Å². The first-order valence-electron chi connectivity index (χ1n) is 8.23. The van der Waals surface area contributed by atoms with Gasteiger partial charge in [0.05, 0.1) is 5.56 Å². The minimum atomic E-state index is -3.01. The Labute approximate surface area is 154 Å². The first-order valence-corrected chi connectivity index (χ1v) is 8.23. The van der Waals surface area contributed by atoms with E-state index in [1.165, 1.54) is 30.3 Å². The third-order valence-electron chi connectivity index (χ3n) is 4.71. The first-order chi connectivity index (χ1) is 12.8. The van der Waals surface area contributed by atoms with Crippen LogP contribution in [0.1, 0.15) is 21.5 Å². The Morgan fingerprint density at radius 2 is 1.59 bits per heavy atom. The lowest BCUT2D eigenvalue weighted by molar-refractivity contribution is -0.358. The van der Waals surface area contributed by atoms with E-state index >= 15 is 0 Å². The molecule has 0 aromatic heterocycles. The molecule has 0 fully saturated rings. The van der Waals surface area contributed by atoms with Crippen LogP contribution in [0.15, 0.2) is 72.8 Å². The van der Waals surface area contributed by atoms with Crippen LogP contribution in [0.4, 0.5) is 0 Å². The van der Waals surface area contributed by atoms with E-state index < -0.39 is 17.5 Å². The summed E-state index contributed by atoms with van der Waals surface area (Å²) >= 11 is 0. The van der Waals surface area contributed by atoms with Crippen LogP contribution < -0.4 is 4.74 Å². The molecule has 4 N–H and O–H groups in total. The Bertz CT molecular complexity index is 1030. The smallest absolute Gasteiger partial charge is 0.336 e. The Morgan fingerprint density at radius 3 is 2.30 bits per heavy atom. The Hall–Kier alpha value is -3.19. The van der Waals surface area contributed by atoms with Crippen LogP contribution in [0.2, 0.25) is 0 Å². The number of carbonyl (C=O) groups is 1. The Balaban J connectivity index is 1.90. The number of ether oxygens (including phenoxy) is 1. The molecule has 4 rings (SSSR count). The van der Waals surface area contributed by atoms with E-state index in [0.29, 0.717) is 5.56 Å². The minimum absolute atomic E-state index is 0.136. The quantitative estimate of drug-likeness (QED) is 0.530. The molecule has 0 saturated carbocycles. The molecule has 1 aliphatic rings. The molecule has 27 heavy (non-hydrogen) atoms. The molecule has 1 heterocycles. The van der Waals surface area contributed by atoms with Crippen molar-refractivity contribution in [2.75, 3.05) is 0 Å². The molecule has 3 aromatic carbocycles. The molecule has 1 atom stereocenters. The van der Waals surface area contributed by atoms with Crippen molar-refractivity contribution >= 4 is 5.97 Å². The molecule has 0 amide bonds. The second-order valence-electron chi connectivity index (χ2n) is 6.34. The highest BCUT2D eigenvalue weighted by Gasteiger charge is 2.58. The highest BCUT2D eigenvalue weighted by atomic mass is 16.7. The first kappa shape index (κ1) is 17.2. The van der Waals surface area contributed by atoms with Crippen LogP contribution in [0.3, 0.4) is 0 Å². The second-order valence-corrected chi connectivity index (χ2v) is 6.34. The zero-order chi connectivity index (χ0) is 19.2. The predicted octanol–water partition coefficient (Wildman–Crippen LogP) is 2.43. The van der Waals surface area contributed by atoms with E-state index in [-0.39, 0.29) is 22.4 Å². The average molecular weight is 364 g/mol. The van der Waals surface area contributed by atoms with Gasteiger partial charge in [-0.25, -0.2) is 4.79 Å².